The minimum Gasteiger partial charge on any atom is -0.355 e. The molecule has 0 spiro atoms. The van der Waals surface area contributed by atoms with Gasteiger partial charge in [0.25, 0.3) is 0 Å². The molecule has 3 N–H and O–H groups in total. The number of rotatable bonds is 3. The quantitative estimate of drug-likeness (QED) is 0.894. The summed E-state index contributed by atoms with van der Waals surface area (Å²) in [6.07, 6.45) is 8.25. The molecule has 1 saturated carbocycles. The summed E-state index contributed by atoms with van der Waals surface area (Å²) < 4.78 is 0. The van der Waals surface area contributed by atoms with Gasteiger partial charge in [0.15, 0.2) is 5.82 Å². The Balaban J connectivity index is 1.73. The number of nitrogens with zero attached hydrogens (tertiary/aromatic N) is 2. The fourth-order valence-corrected chi connectivity index (χ4v) is 3.39. The zero-order chi connectivity index (χ0) is 14.7. The molecule has 21 heavy (non-hydrogen) atoms. The number of aromatic nitrogens is 1. The van der Waals surface area contributed by atoms with E-state index in [0.717, 1.165) is 50.3 Å². The van der Waals surface area contributed by atoms with Crippen LogP contribution >= 0.6 is 0 Å². The standard InChI is InChI=1S/C16H24N4O/c17-13-7-2-1-6-12(13)16(21)19-14-8-5-9-18-15(14)20-10-3-4-11-20/h5,8-9,12-13H,1-4,6-7,10-11,17H2,(H,19,21). The van der Waals surface area contributed by atoms with E-state index in [4.69, 9.17) is 5.73 Å². The normalized spacial score (nSPS) is 25.9. The van der Waals surface area contributed by atoms with Gasteiger partial charge in [0.1, 0.15) is 0 Å². The van der Waals surface area contributed by atoms with Crippen molar-refractivity contribution >= 4 is 17.4 Å². The van der Waals surface area contributed by atoms with E-state index in [2.05, 4.69) is 15.2 Å². The monoisotopic (exact) mass is 288 g/mol. The molecule has 2 atom stereocenters. The van der Waals surface area contributed by atoms with Crippen molar-refractivity contribution in [1.29, 1.82) is 0 Å². The number of hydrogen-bond donors (Lipinski definition) is 2. The Bertz CT molecular complexity index is 499. The molecule has 1 aliphatic heterocycles. The van der Waals surface area contributed by atoms with Crippen LogP contribution in [0.15, 0.2) is 18.3 Å². The van der Waals surface area contributed by atoms with Crippen LogP contribution in [0.1, 0.15) is 38.5 Å². The van der Waals surface area contributed by atoms with Gasteiger partial charge in [-0.2, -0.15) is 0 Å². The number of pyridine rings is 1. The van der Waals surface area contributed by atoms with Crippen molar-refractivity contribution in [1.82, 2.24) is 4.98 Å². The second-order valence-electron chi connectivity index (χ2n) is 6.11. The SMILES string of the molecule is NC1CCCCC1C(=O)Nc1cccnc1N1CCCC1. The predicted octanol–water partition coefficient (Wildman–Crippen LogP) is 2.14. The first-order valence-electron chi connectivity index (χ1n) is 8.02. The van der Waals surface area contributed by atoms with Crippen LogP contribution in [0.3, 0.4) is 0 Å². The average Bonchev–Trinajstić information content (AvgIpc) is 3.02. The summed E-state index contributed by atoms with van der Waals surface area (Å²) in [5, 5.41) is 3.06. The fraction of sp³-hybridized carbons (Fsp3) is 0.625. The van der Waals surface area contributed by atoms with Crippen molar-refractivity contribution in [2.45, 2.75) is 44.6 Å². The second-order valence-corrected chi connectivity index (χ2v) is 6.11. The minimum absolute atomic E-state index is 0.00865. The summed E-state index contributed by atoms with van der Waals surface area (Å²) in [6, 6.07) is 3.80. The highest BCUT2D eigenvalue weighted by Gasteiger charge is 2.29. The number of carbonyl (C=O) groups excluding carboxylic acids is 1. The fourth-order valence-electron chi connectivity index (χ4n) is 3.39. The molecular weight excluding hydrogens is 264 g/mol. The predicted molar refractivity (Wildman–Crippen MR) is 84.2 cm³/mol. The van der Waals surface area contributed by atoms with Crippen LogP contribution in [-0.2, 0) is 4.79 Å². The number of carbonyl (C=O) groups is 1. The van der Waals surface area contributed by atoms with Crippen molar-refractivity contribution in [3.05, 3.63) is 18.3 Å². The molecule has 2 fully saturated rings. The molecule has 2 aliphatic rings. The summed E-state index contributed by atoms with van der Waals surface area (Å²) in [7, 11) is 0. The smallest absolute Gasteiger partial charge is 0.229 e. The van der Waals surface area contributed by atoms with Gasteiger partial charge in [-0.05, 0) is 37.8 Å². The maximum absolute atomic E-state index is 12.5. The molecule has 1 aromatic rings. The number of amides is 1. The van der Waals surface area contributed by atoms with Crippen LogP contribution in [-0.4, -0.2) is 30.0 Å². The van der Waals surface area contributed by atoms with Gasteiger partial charge in [-0.25, -0.2) is 4.98 Å². The third-order valence-corrected chi connectivity index (χ3v) is 4.61. The Morgan fingerprint density at radius 3 is 2.76 bits per heavy atom. The van der Waals surface area contributed by atoms with E-state index >= 15 is 0 Å². The first-order valence-corrected chi connectivity index (χ1v) is 8.02. The molecule has 5 nitrogen and oxygen atoms in total. The highest BCUT2D eigenvalue weighted by molar-refractivity contribution is 5.95. The van der Waals surface area contributed by atoms with E-state index < -0.39 is 0 Å². The Morgan fingerprint density at radius 1 is 1.24 bits per heavy atom. The zero-order valence-corrected chi connectivity index (χ0v) is 12.4. The maximum atomic E-state index is 12.5. The third-order valence-electron chi connectivity index (χ3n) is 4.61. The van der Waals surface area contributed by atoms with E-state index in [1.54, 1.807) is 6.20 Å². The first-order chi connectivity index (χ1) is 10.3. The lowest BCUT2D eigenvalue weighted by Gasteiger charge is -2.28. The third kappa shape index (κ3) is 3.18. The van der Waals surface area contributed by atoms with Crippen LogP contribution in [0.5, 0.6) is 0 Å². The molecule has 114 valence electrons. The van der Waals surface area contributed by atoms with Gasteiger partial charge in [0.05, 0.1) is 11.6 Å². The van der Waals surface area contributed by atoms with E-state index in [9.17, 15) is 4.79 Å². The highest BCUT2D eigenvalue weighted by Crippen LogP contribution is 2.29. The highest BCUT2D eigenvalue weighted by atomic mass is 16.1. The lowest BCUT2D eigenvalue weighted by atomic mass is 9.84. The van der Waals surface area contributed by atoms with Crippen molar-refractivity contribution < 1.29 is 4.79 Å². The maximum Gasteiger partial charge on any atom is 0.229 e. The van der Waals surface area contributed by atoms with Crippen molar-refractivity contribution in [3.8, 4) is 0 Å². The van der Waals surface area contributed by atoms with Gasteiger partial charge < -0.3 is 16.0 Å². The van der Waals surface area contributed by atoms with Gasteiger partial charge in [-0.3, -0.25) is 4.79 Å². The van der Waals surface area contributed by atoms with Crippen molar-refractivity contribution in [2.75, 3.05) is 23.3 Å². The van der Waals surface area contributed by atoms with E-state index in [-0.39, 0.29) is 17.9 Å². The van der Waals surface area contributed by atoms with Gasteiger partial charge in [0.2, 0.25) is 5.91 Å². The molecule has 1 amide bonds. The van der Waals surface area contributed by atoms with E-state index in [1.165, 1.54) is 12.8 Å². The molecule has 0 bridgehead atoms. The van der Waals surface area contributed by atoms with Crippen molar-refractivity contribution in [2.24, 2.45) is 11.7 Å². The molecule has 1 aromatic heterocycles. The molecule has 2 heterocycles. The topological polar surface area (TPSA) is 71.2 Å². The van der Waals surface area contributed by atoms with Gasteiger partial charge in [0, 0.05) is 25.3 Å². The van der Waals surface area contributed by atoms with Crippen molar-refractivity contribution in [3.63, 3.8) is 0 Å². The molecule has 0 radical (unpaired) electrons. The molecular formula is C16H24N4O. The molecule has 3 rings (SSSR count). The minimum atomic E-state index is -0.0645. The molecule has 1 aliphatic carbocycles. The molecule has 0 aromatic carbocycles. The van der Waals surface area contributed by atoms with E-state index in [0.29, 0.717) is 0 Å². The Kier molecular flexibility index (Phi) is 4.39. The van der Waals surface area contributed by atoms with Crippen LogP contribution in [0.2, 0.25) is 0 Å². The van der Waals surface area contributed by atoms with Gasteiger partial charge >= 0.3 is 0 Å². The molecule has 2 unspecified atom stereocenters. The summed E-state index contributed by atoms with van der Waals surface area (Å²) in [4.78, 5) is 19.2. The largest absolute Gasteiger partial charge is 0.355 e. The lowest BCUT2D eigenvalue weighted by molar-refractivity contribution is -0.121. The zero-order valence-electron chi connectivity index (χ0n) is 12.4. The Morgan fingerprint density at radius 2 is 2.00 bits per heavy atom. The van der Waals surface area contributed by atoms with Crippen LogP contribution in [0, 0.1) is 5.92 Å². The second kappa shape index (κ2) is 6.43. The summed E-state index contributed by atoms with van der Waals surface area (Å²) >= 11 is 0. The summed E-state index contributed by atoms with van der Waals surface area (Å²) in [6.45, 7) is 2.03. The van der Waals surface area contributed by atoms with Crippen LogP contribution < -0.4 is 16.0 Å². The summed E-state index contributed by atoms with van der Waals surface area (Å²) in [5.74, 6) is 0.883. The number of hydrogen-bond acceptors (Lipinski definition) is 4. The molecule has 1 saturated heterocycles. The number of nitrogens with two attached hydrogens (primary N) is 1. The lowest BCUT2D eigenvalue weighted by Crippen LogP contribution is -2.41. The Labute approximate surface area is 125 Å². The average molecular weight is 288 g/mol. The summed E-state index contributed by atoms with van der Waals surface area (Å²) in [5.41, 5.74) is 6.93. The van der Waals surface area contributed by atoms with Crippen LogP contribution in [0.25, 0.3) is 0 Å². The van der Waals surface area contributed by atoms with Gasteiger partial charge in [-0.15, -0.1) is 0 Å². The first kappa shape index (κ1) is 14.3. The Hall–Kier alpha value is -1.62. The van der Waals surface area contributed by atoms with Crippen LogP contribution in [0.4, 0.5) is 11.5 Å². The molecule has 5 heteroatoms. The number of anilines is 2. The number of nitrogens with one attached hydrogen (secondary N) is 1. The van der Waals surface area contributed by atoms with E-state index in [1.807, 2.05) is 12.1 Å². The van der Waals surface area contributed by atoms with Gasteiger partial charge in [-0.1, -0.05) is 12.8 Å².